The molecule has 1 aromatic carbocycles. The van der Waals surface area contributed by atoms with E-state index in [1.807, 2.05) is 13.8 Å². The van der Waals surface area contributed by atoms with Gasteiger partial charge in [0.2, 0.25) is 5.91 Å². The maximum atomic E-state index is 12.6. The molecule has 1 aromatic heterocycles. The number of methoxy groups -OCH3 is 1. The van der Waals surface area contributed by atoms with Crippen LogP contribution < -0.4 is 4.74 Å². The van der Waals surface area contributed by atoms with Crippen molar-refractivity contribution in [2.45, 2.75) is 36.8 Å². The topological polar surface area (TPSA) is 89.7 Å². The Bertz CT molecular complexity index is 877. The number of amides is 1. The van der Waals surface area contributed by atoms with Gasteiger partial charge in [0.05, 0.1) is 17.7 Å². The molecule has 0 N–H and O–H groups in total. The van der Waals surface area contributed by atoms with Crippen molar-refractivity contribution in [3.05, 3.63) is 41.3 Å². The van der Waals surface area contributed by atoms with Gasteiger partial charge >= 0.3 is 0 Å². The van der Waals surface area contributed by atoms with Crippen molar-refractivity contribution < 1.29 is 22.5 Å². The summed E-state index contributed by atoms with van der Waals surface area (Å²) in [6, 6.07) is 6.32. The van der Waals surface area contributed by atoms with E-state index in [0.29, 0.717) is 18.6 Å². The molecule has 3 rings (SSSR count). The van der Waals surface area contributed by atoms with Gasteiger partial charge in [0, 0.05) is 25.1 Å². The Kier molecular flexibility index (Phi) is 5.04. The highest BCUT2D eigenvalue weighted by Gasteiger charge is 2.40. The van der Waals surface area contributed by atoms with Gasteiger partial charge in [0.15, 0.2) is 9.84 Å². The molecule has 0 spiro atoms. The van der Waals surface area contributed by atoms with Crippen LogP contribution in [0.2, 0.25) is 0 Å². The van der Waals surface area contributed by atoms with E-state index in [4.69, 9.17) is 9.26 Å². The number of hydrogen-bond acceptors (Lipinski definition) is 6. The average molecular weight is 378 g/mol. The van der Waals surface area contributed by atoms with E-state index in [2.05, 4.69) is 5.16 Å². The lowest BCUT2D eigenvalue weighted by molar-refractivity contribution is -0.134. The van der Waals surface area contributed by atoms with Gasteiger partial charge < -0.3 is 14.2 Å². The summed E-state index contributed by atoms with van der Waals surface area (Å²) in [4.78, 5) is 14.1. The molecule has 26 heavy (non-hydrogen) atoms. The third-order valence-electron chi connectivity index (χ3n) is 4.80. The fourth-order valence-corrected chi connectivity index (χ4v) is 4.70. The lowest BCUT2D eigenvalue weighted by atomic mass is 10.1. The molecule has 0 atom stereocenters. The summed E-state index contributed by atoms with van der Waals surface area (Å²) in [6.45, 7) is 4.13. The second kappa shape index (κ2) is 7.11. The normalized spacial score (nSPS) is 15.0. The number of carbonyl (C=O) groups is 1. The summed E-state index contributed by atoms with van der Waals surface area (Å²) in [6.07, 6.45) is 0.866. The first kappa shape index (κ1) is 18.4. The quantitative estimate of drug-likeness (QED) is 0.763. The molecule has 8 heteroatoms. The van der Waals surface area contributed by atoms with Crippen LogP contribution in [0.4, 0.5) is 0 Å². The van der Waals surface area contributed by atoms with Crippen molar-refractivity contribution in [1.29, 1.82) is 0 Å². The van der Waals surface area contributed by atoms with Crippen molar-refractivity contribution in [1.82, 2.24) is 10.1 Å². The van der Waals surface area contributed by atoms with E-state index in [1.165, 1.54) is 19.2 Å². The Labute approximate surface area is 152 Å². The Morgan fingerprint density at radius 1 is 1.27 bits per heavy atom. The first-order valence-electron chi connectivity index (χ1n) is 8.40. The molecule has 0 radical (unpaired) electrons. The van der Waals surface area contributed by atoms with Crippen LogP contribution in [0.25, 0.3) is 0 Å². The van der Waals surface area contributed by atoms with Crippen LogP contribution in [0.5, 0.6) is 5.75 Å². The van der Waals surface area contributed by atoms with Crippen LogP contribution >= 0.6 is 0 Å². The standard InChI is InChI=1S/C18H22N2O5S/c1-12-17(13(2)25-19-12)8-9-18(21)20-10-16(11-20)26(22,23)15-6-4-14(24-3)5-7-15/h4-7,16H,8-11H2,1-3H3. The number of sulfone groups is 1. The van der Waals surface area contributed by atoms with Gasteiger partial charge in [-0.1, -0.05) is 5.16 Å². The average Bonchev–Trinajstić information content (AvgIpc) is 2.89. The predicted octanol–water partition coefficient (Wildman–Crippen LogP) is 1.92. The second-order valence-corrected chi connectivity index (χ2v) is 8.67. The van der Waals surface area contributed by atoms with E-state index in [9.17, 15) is 13.2 Å². The Morgan fingerprint density at radius 2 is 1.92 bits per heavy atom. The van der Waals surface area contributed by atoms with Gasteiger partial charge in [-0.3, -0.25) is 4.79 Å². The summed E-state index contributed by atoms with van der Waals surface area (Å²) in [7, 11) is -1.91. The molecule has 0 unspecified atom stereocenters. The van der Waals surface area contributed by atoms with Crippen molar-refractivity contribution in [3.63, 3.8) is 0 Å². The minimum absolute atomic E-state index is 0.0498. The second-order valence-electron chi connectivity index (χ2n) is 6.44. The molecule has 0 bridgehead atoms. The smallest absolute Gasteiger partial charge is 0.222 e. The van der Waals surface area contributed by atoms with Crippen molar-refractivity contribution in [3.8, 4) is 5.75 Å². The van der Waals surface area contributed by atoms with Gasteiger partial charge in [0.1, 0.15) is 16.8 Å². The van der Waals surface area contributed by atoms with Gasteiger partial charge in [-0.15, -0.1) is 0 Å². The fourth-order valence-electron chi connectivity index (χ4n) is 3.04. The lowest BCUT2D eigenvalue weighted by Crippen LogP contribution is -2.56. The summed E-state index contributed by atoms with van der Waals surface area (Å²) in [5.74, 6) is 1.28. The van der Waals surface area contributed by atoms with Crippen LogP contribution in [0, 0.1) is 13.8 Å². The fraction of sp³-hybridized carbons (Fsp3) is 0.444. The zero-order chi connectivity index (χ0) is 18.9. The minimum Gasteiger partial charge on any atom is -0.497 e. The predicted molar refractivity (Wildman–Crippen MR) is 94.8 cm³/mol. The highest BCUT2D eigenvalue weighted by Crippen LogP contribution is 2.26. The van der Waals surface area contributed by atoms with Crippen molar-refractivity contribution in [2.75, 3.05) is 20.2 Å². The summed E-state index contributed by atoms with van der Waals surface area (Å²) in [5.41, 5.74) is 1.74. The molecule has 2 aromatic rings. The molecule has 0 saturated carbocycles. The lowest BCUT2D eigenvalue weighted by Gasteiger charge is -2.38. The highest BCUT2D eigenvalue weighted by atomic mass is 32.2. The Morgan fingerprint density at radius 3 is 2.46 bits per heavy atom. The van der Waals surface area contributed by atoms with E-state index in [1.54, 1.807) is 17.0 Å². The van der Waals surface area contributed by atoms with E-state index < -0.39 is 15.1 Å². The number of benzene rings is 1. The number of rotatable bonds is 6. The number of hydrogen-bond donors (Lipinski definition) is 0. The van der Waals surface area contributed by atoms with Gasteiger partial charge in [0.25, 0.3) is 0 Å². The Balaban J connectivity index is 1.56. The highest BCUT2D eigenvalue weighted by molar-refractivity contribution is 7.92. The Hall–Kier alpha value is -2.35. The first-order chi connectivity index (χ1) is 12.3. The third kappa shape index (κ3) is 3.46. The maximum Gasteiger partial charge on any atom is 0.222 e. The maximum absolute atomic E-state index is 12.6. The molecular weight excluding hydrogens is 356 g/mol. The molecular formula is C18H22N2O5S. The molecule has 1 amide bonds. The summed E-state index contributed by atoms with van der Waals surface area (Å²) >= 11 is 0. The van der Waals surface area contributed by atoms with Gasteiger partial charge in [-0.05, 0) is 44.5 Å². The molecule has 1 fully saturated rings. The monoisotopic (exact) mass is 378 g/mol. The van der Waals surface area contributed by atoms with Crippen LogP contribution in [0.3, 0.4) is 0 Å². The number of likely N-dealkylation sites (tertiary alicyclic amines) is 1. The van der Waals surface area contributed by atoms with E-state index in [-0.39, 0.29) is 23.9 Å². The van der Waals surface area contributed by atoms with Crippen molar-refractivity contribution >= 4 is 15.7 Å². The van der Waals surface area contributed by atoms with E-state index >= 15 is 0 Å². The molecule has 2 heterocycles. The molecule has 7 nitrogen and oxygen atoms in total. The van der Waals surface area contributed by atoms with Crippen LogP contribution in [0.15, 0.2) is 33.7 Å². The number of nitrogens with zero attached hydrogens (tertiary/aromatic N) is 2. The number of carbonyl (C=O) groups excluding carboxylic acids is 1. The number of aromatic nitrogens is 1. The molecule has 1 aliphatic heterocycles. The molecule has 1 aliphatic rings. The number of aryl methyl sites for hydroxylation is 2. The molecule has 1 saturated heterocycles. The number of ether oxygens (including phenoxy) is 1. The largest absolute Gasteiger partial charge is 0.497 e. The summed E-state index contributed by atoms with van der Waals surface area (Å²) in [5, 5.41) is 3.32. The first-order valence-corrected chi connectivity index (χ1v) is 9.95. The molecule has 140 valence electrons. The van der Waals surface area contributed by atoms with Gasteiger partial charge in [-0.2, -0.15) is 0 Å². The summed E-state index contributed by atoms with van der Waals surface area (Å²) < 4.78 is 35.4. The zero-order valence-corrected chi connectivity index (χ0v) is 15.9. The zero-order valence-electron chi connectivity index (χ0n) is 15.1. The molecule has 0 aliphatic carbocycles. The van der Waals surface area contributed by atoms with Crippen LogP contribution in [0.1, 0.15) is 23.4 Å². The van der Waals surface area contributed by atoms with Crippen molar-refractivity contribution in [2.24, 2.45) is 0 Å². The van der Waals surface area contributed by atoms with Crippen LogP contribution in [-0.2, 0) is 21.1 Å². The van der Waals surface area contributed by atoms with Gasteiger partial charge in [-0.25, -0.2) is 8.42 Å². The SMILES string of the molecule is COc1ccc(S(=O)(=O)C2CN(C(=O)CCc3c(C)noc3C)C2)cc1. The minimum atomic E-state index is -3.44. The van der Waals surface area contributed by atoms with E-state index in [0.717, 1.165) is 17.0 Å². The third-order valence-corrected chi connectivity index (χ3v) is 6.90. The van der Waals surface area contributed by atoms with Crippen LogP contribution in [-0.4, -0.2) is 49.8 Å².